The van der Waals surface area contributed by atoms with Gasteiger partial charge in [0.05, 0.1) is 15.5 Å². The molecule has 0 aliphatic heterocycles. The normalized spacial score (nSPS) is 11.4. The Morgan fingerprint density at radius 1 is 1.12 bits per heavy atom. The lowest BCUT2D eigenvalue weighted by atomic mass is 10.2. The van der Waals surface area contributed by atoms with Gasteiger partial charge < -0.3 is 5.32 Å². The summed E-state index contributed by atoms with van der Waals surface area (Å²) in [6, 6.07) is 11.0. The number of aryl methyl sites for hydroxylation is 1. The van der Waals surface area contributed by atoms with Crippen molar-refractivity contribution in [1.29, 1.82) is 0 Å². The minimum absolute atomic E-state index is 0.0256. The van der Waals surface area contributed by atoms with Crippen molar-refractivity contribution in [2.45, 2.75) is 31.7 Å². The number of anilines is 1. The maximum Gasteiger partial charge on any atom is 0.261 e. The van der Waals surface area contributed by atoms with E-state index >= 15 is 0 Å². The van der Waals surface area contributed by atoms with Gasteiger partial charge in [0.1, 0.15) is 0 Å². The summed E-state index contributed by atoms with van der Waals surface area (Å²) < 4.78 is 27.6. The third kappa shape index (κ3) is 4.49. The topological polar surface area (TPSA) is 75.3 Å². The summed E-state index contributed by atoms with van der Waals surface area (Å²) in [5.41, 5.74) is 1.51. The Kier molecular flexibility index (Phi) is 5.51. The molecule has 0 aromatic heterocycles. The van der Waals surface area contributed by atoms with Crippen LogP contribution in [0.5, 0.6) is 0 Å². The second-order valence-electron chi connectivity index (χ2n) is 5.74. The number of hydrogen-bond acceptors (Lipinski definition) is 3. The van der Waals surface area contributed by atoms with E-state index in [9.17, 15) is 13.2 Å². The van der Waals surface area contributed by atoms with Gasteiger partial charge in [-0.25, -0.2) is 8.42 Å². The van der Waals surface area contributed by atoms with E-state index in [-0.39, 0.29) is 21.5 Å². The van der Waals surface area contributed by atoms with Crippen molar-refractivity contribution in [3.05, 3.63) is 58.6 Å². The van der Waals surface area contributed by atoms with Crippen molar-refractivity contribution in [3.8, 4) is 0 Å². The smallest absolute Gasteiger partial charge is 0.261 e. The Labute approximate surface area is 147 Å². The van der Waals surface area contributed by atoms with Crippen LogP contribution in [-0.2, 0) is 10.0 Å². The van der Waals surface area contributed by atoms with Gasteiger partial charge in [-0.15, -0.1) is 0 Å². The molecule has 0 heterocycles. The first kappa shape index (κ1) is 18.3. The van der Waals surface area contributed by atoms with E-state index in [1.165, 1.54) is 18.2 Å². The van der Waals surface area contributed by atoms with Crippen molar-refractivity contribution in [2.24, 2.45) is 0 Å². The van der Waals surface area contributed by atoms with Gasteiger partial charge in [-0.2, -0.15) is 0 Å². The Balaban J connectivity index is 2.35. The zero-order chi connectivity index (χ0) is 17.9. The average Bonchev–Trinajstić information content (AvgIpc) is 2.46. The molecule has 0 fully saturated rings. The maximum absolute atomic E-state index is 12.5. The largest absolute Gasteiger partial charge is 0.350 e. The van der Waals surface area contributed by atoms with Crippen molar-refractivity contribution in [3.63, 3.8) is 0 Å². The van der Waals surface area contributed by atoms with E-state index in [1.54, 1.807) is 18.2 Å². The van der Waals surface area contributed by atoms with Crippen molar-refractivity contribution in [2.75, 3.05) is 4.72 Å². The van der Waals surface area contributed by atoms with Crippen LogP contribution in [0.4, 0.5) is 5.69 Å². The van der Waals surface area contributed by atoms with Gasteiger partial charge in [-0.3, -0.25) is 9.52 Å². The highest BCUT2D eigenvalue weighted by atomic mass is 35.5. The number of nitrogens with one attached hydrogen (secondary N) is 2. The number of hydrogen-bond donors (Lipinski definition) is 2. The Morgan fingerprint density at radius 2 is 1.83 bits per heavy atom. The highest BCUT2D eigenvalue weighted by Crippen LogP contribution is 2.23. The molecule has 128 valence electrons. The highest BCUT2D eigenvalue weighted by molar-refractivity contribution is 7.92. The first-order valence-electron chi connectivity index (χ1n) is 7.39. The molecular formula is C17H19ClN2O3S. The molecule has 0 aliphatic carbocycles. The quantitative estimate of drug-likeness (QED) is 0.849. The van der Waals surface area contributed by atoms with Crippen LogP contribution >= 0.6 is 11.6 Å². The average molecular weight is 367 g/mol. The first-order valence-corrected chi connectivity index (χ1v) is 9.25. The number of sulfonamides is 1. The predicted molar refractivity (Wildman–Crippen MR) is 96.0 cm³/mol. The van der Waals surface area contributed by atoms with Crippen LogP contribution in [0, 0.1) is 6.92 Å². The van der Waals surface area contributed by atoms with Gasteiger partial charge in [-0.1, -0.05) is 23.7 Å². The molecule has 0 saturated heterocycles. The zero-order valence-corrected chi connectivity index (χ0v) is 15.2. The summed E-state index contributed by atoms with van der Waals surface area (Å²) in [4.78, 5) is 12.1. The Bertz CT molecular complexity index is 864. The number of amides is 1. The van der Waals surface area contributed by atoms with E-state index in [4.69, 9.17) is 11.6 Å². The van der Waals surface area contributed by atoms with E-state index in [0.717, 1.165) is 5.56 Å². The highest BCUT2D eigenvalue weighted by Gasteiger charge is 2.19. The number of halogens is 1. The van der Waals surface area contributed by atoms with Crippen LogP contribution in [-0.4, -0.2) is 20.4 Å². The Morgan fingerprint density at radius 3 is 2.46 bits per heavy atom. The van der Waals surface area contributed by atoms with Gasteiger partial charge in [0.2, 0.25) is 0 Å². The third-order valence-corrected chi connectivity index (χ3v) is 4.89. The summed E-state index contributed by atoms with van der Waals surface area (Å²) in [5.74, 6) is -0.414. The molecule has 0 spiro atoms. The molecule has 2 aromatic rings. The Hall–Kier alpha value is -2.05. The number of carbonyl (C=O) groups is 1. The lowest BCUT2D eigenvalue weighted by Gasteiger charge is -2.12. The summed E-state index contributed by atoms with van der Waals surface area (Å²) in [7, 11) is -3.82. The predicted octanol–water partition coefficient (Wildman–Crippen LogP) is 3.59. The van der Waals surface area contributed by atoms with Crippen molar-refractivity contribution >= 4 is 33.2 Å². The minimum Gasteiger partial charge on any atom is -0.350 e. The second kappa shape index (κ2) is 7.23. The van der Waals surface area contributed by atoms with Crippen LogP contribution < -0.4 is 10.0 Å². The lowest BCUT2D eigenvalue weighted by Crippen LogP contribution is -2.30. The van der Waals surface area contributed by atoms with Gasteiger partial charge in [0.25, 0.3) is 15.9 Å². The van der Waals surface area contributed by atoms with Crippen LogP contribution in [0.1, 0.15) is 29.8 Å². The molecule has 0 radical (unpaired) electrons. The summed E-state index contributed by atoms with van der Waals surface area (Å²) >= 11 is 6.03. The second-order valence-corrected chi connectivity index (χ2v) is 7.83. The molecule has 2 N–H and O–H groups in total. The molecule has 2 aromatic carbocycles. The molecule has 0 saturated carbocycles. The number of carbonyl (C=O) groups excluding carboxylic acids is 1. The monoisotopic (exact) mass is 366 g/mol. The first-order chi connectivity index (χ1) is 11.2. The molecule has 5 nitrogen and oxygen atoms in total. The van der Waals surface area contributed by atoms with Gasteiger partial charge in [0.15, 0.2) is 0 Å². The summed E-state index contributed by atoms with van der Waals surface area (Å²) in [5, 5.41) is 2.89. The molecule has 1 amide bonds. The maximum atomic E-state index is 12.5. The van der Waals surface area contributed by atoms with Gasteiger partial charge in [-0.05, 0) is 56.7 Å². The van der Waals surface area contributed by atoms with Gasteiger partial charge >= 0.3 is 0 Å². The fourth-order valence-corrected chi connectivity index (χ4v) is 3.39. The molecule has 0 unspecified atom stereocenters. The standard InChI is InChI=1S/C17H19ClN2O3S/c1-11(2)19-17(21)15-10-14(7-8-16(15)18)24(22,23)20-13-6-4-5-12(3)9-13/h4-11,20H,1-3H3,(H,19,21). The van der Waals surface area contributed by atoms with Gasteiger partial charge in [0, 0.05) is 11.7 Å². The molecule has 0 aliphatic rings. The van der Waals surface area contributed by atoms with Crippen LogP contribution in [0.2, 0.25) is 5.02 Å². The lowest BCUT2D eigenvalue weighted by molar-refractivity contribution is 0.0943. The molecule has 7 heteroatoms. The third-order valence-electron chi connectivity index (χ3n) is 3.18. The molecule has 0 bridgehead atoms. The van der Waals surface area contributed by atoms with Crippen LogP contribution in [0.15, 0.2) is 47.4 Å². The SMILES string of the molecule is Cc1cccc(NS(=O)(=O)c2ccc(Cl)c(C(=O)NC(C)C)c2)c1. The molecule has 0 atom stereocenters. The van der Waals surface area contributed by atoms with E-state index in [0.29, 0.717) is 5.69 Å². The van der Waals surface area contributed by atoms with Crippen molar-refractivity contribution < 1.29 is 13.2 Å². The van der Waals surface area contributed by atoms with E-state index < -0.39 is 15.9 Å². The number of rotatable bonds is 5. The zero-order valence-electron chi connectivity index (χ0n) is 13.6. The van der Waals surface area contributed by atoms with Crippen molar-refractivity contribution in [1.82, 2.24) is 5.32 Å². The minimum atomic E-state index is -3.82. The van der Waals surface area contributed by atoms with E-state index in [2.05, 4.69) is 10.0 Å². The fourth-order valence-electron chi connectivity index (χ4n) is 2.11. The number of benzene rings is 2. The molecule has 24 heavy (non-hydrogen) atoms. The molecular weight excluding hydrogens is 348 g/mol. The summed E-state index contributed by atoms with van der Waals surface area (Å²) in [6.45, 7) is 5.49. The van der Waals surface area contributed by atoms with Crippen LogP contribution in [0.25, 0.3) is 0 Å². The fraction of sp³-hybridized carbons (Fsp3) is 0.235. The van der Waals surface area contributed by atoms with Crippen LogP contribution in [0.3, 0.4) is 0 Å². The van der Waals surface area contributed by atoms with E-state index in [1.807, 2.05) is 26.8 Å². The molecule has 2 rings (SSSR count). The summed E-state index contributed by atoms with van der Waals surface area (Å²) in [6.07, 6.45) is 0.